The Bertz CT molecular complexity index is 605. The molecule has 0 radical (unpaired) electrons. The Morgan fingerprint density at radius 3 is 2.84 bits per heavy atom. The minimum atomic E-state index is -0.612. The van der Waals surface area contributed by atoms with Gasteiger partial charge in [0.05, 0.1) is 6.54 Å². The molecule has 1 amide bonds. The molecule has 0 aliphatic carbocycles. The van der Waals surface area contributed by atoms with Crippen molar-refractivity contribution in [2.75, 3.05) is 0 Å². The molecular formula is C14H13FN2O2. The summed E-state index contributed by atoms with van der Waals surface area (Å²) in [6.07, 6.45) is 4.54. The topological polar surface area (TPSA) is 54.3 Å². The van der Waals surface area contributed by atoms with Gasteiger partial charge in [0.25, 0.3) is 5.91 Å². The summed E-state index contributed by atoms with van der Waals surface area (Å²) in [4.78, 5) is 10.9. The van der Waals surface area contributed by atoms with Crippen molar-refractivity contribution >= 4 is 12.0 Å². The van der Waals surface area contributed by atoms with Gasteiger partial charge in [0, 0.05) is 23.5 Å². The maximum Gasteiger partial charge on any atom is 0.267 e. The molecule has 2 aromatic rings. The molecule has 0 saturated heterocycles. The average molecular weight is 260 g/mol. The van der Waals surface area contributed by atoms with E-state index in [9.17, 15) is 9.18 Å². The van der Waals surface area contributed by atoms with Crippen molar-refractivity contribution in [1.82, 2.24) is 10.0 Å². The van der Waals surface area contributed by atoms with E-state index in [1.165, 1.54) is 17.6 Å². The highest BCUT2D eigenvalue weighted by Gasteiger charge is 2.04. The Hall–Kier alpha value is -2.40. The molecule has 2 rings (SSSR count). The molecule has 0 aliphatic heterocycles. The first-order valence-electron chi connectivity index (χ1n) is 5.71. The third-order valence-electron chi connectivity index (χ3n) is 2.68. The lowest BCUT2D eigenvalue weighted by Gasteiger charge is -2.07. The van der Waals surface area contributed by atoms with Crippen LogP contribution in [-0.4, -0.2) is 15.7 Å². The SMILES string of the molecule is O=C(/C=C/c1cccn1Cc1ccccc1F)NO. The second-order valence-electron chi connectivity index (χ2n) is 3.96. The second kappa shape index (κ2) is 5.97. The third kappa shape index (κ3) is 3.29. The highest BCUT2D eigenvalue weighted by Crippen LogP contribution is 2.12. The summed E-state index contributed by atoms with van der Waals surface area (Å²) in [5.74, 6) is -0.877. The number of benzene rings is 1. The predicted octanol–water partition coefficient (Wildman–Crippen LogP) is 2.19. The molecule has 0 atom stereocenters. The van der Waals surface area contributed by atoms with Gasteiger partial charge in [0.15, 0.2) is 0 Å². The molecule has 0 unspecified atom stereocenters. The molecule has 0 bridgehead atoms. The summed E-state index contributed by atoms with van der Waals surface area (Å²) in [7, 11) is 0. The summed E-state index contributed by atoms with van der Waals surface area (Å²) in [6, 6.07) is 10.1. The Morgan fingerprint density at radius 2 is 2.11 bits per heavy atom. The minimum absolute atomic E-state index is 0.265. The van der Waals surface area contributed by atoms with Crippen LogP contribution >= 0.6 is 0 Å². The number of carbonyl (C=O) groups excluding carboxylic acids is 1. The van der Waals surface area contributed by atoms with E-state index in [1.807, 2.05) is 0 Å². The van der Waals surface area contributed by atoms with Crippen molar-refractivity contribution in [1.29, 1.82) is 0 Å². The fourth-order valence-electron chi connectivity index (χ4n) is 1.73. The molecule has 4 nitrogen and oxygen atoms in total. The summed E-state index contributed by atoms with van der Waals surface area (Å²) in [5.41, 5.74) is 2.82. The van der Waals surface area contributed by atoms with Crippen LogP contribution in [0.2, 0.25) is 0 Å². The predicted molar refractivity (Wildman–Crippen MR) is 68.9 cm³/mol. The zero-order chi connectivity index (χ0) is 13.7. The zero-order valence-corrected chi connectivity index (χ0v) is 10.1. The van der Waals surface area contributed by atoms with Crippen LogP contribution in [0.4, 0.5) is 4.39 Å². The molecule has 0 spiro atoms. The van der Waals surface area contributed by atoms with Crippen molar-refractivity contribution in [3.63, 3.8) is 0 Å². The number of nitrogens with one attached hydrogen (secondary N) is 1. The van der Waals surface area contributed by atoms with Crippen LogP contribution in [0.3, 0.4) is 0 Å². The van der Waals surface area contributed by atoms with E-state index in [2.05, 4.69) is 0 Å². The van der Waals surface area contributed by atoms with Gasteiger partial charge in [-0.25, -0.2) is 9.87 Å². The lowest BCUT2D eigenvalue weighted by molar-refractivity contribution is -0.124. The maximum absolute atomic E-state index is 13.6. The molecule has 0 saturated carbocycles. The number of nitrogens with zero attached hydrogens (tertiary/aromatic N) is 1. The molecule has 0 aliphatic rings. The van der Waals surface area contributed by atoms with Gasteiger partial charge in [-0.15, -0.1) is 0 Å². The molecule has 1 heterocycles. The highest BCUT2D eigenvalue weighted by molar-refractivity contribution is 5.90. The largest absolute Gasteiger partial charge is 0.343 e. The fraction of sp³-hybridized carbons (Fsp3) is 0.0714. The first-order valence-corrected chi connectivity index (χ1v) is 5.71. The molecule has 19 heavy (non-hydrogen) atoms. The molecule has 1 aromatic carbocycles. The van der Waals surface area contributed by atoms with Crippen molar-refractivity contribution < 1.29 is 14.4 Å². The van der Waals surface area contributed by atoms with Crippen LogP contribution in [-0.2, 0) is 11.3 Å². The van der Waals surface area contributed by atoms with Crippen LogP contribution in [0, 0.1) is 5.82 Å². The van der Waals surface area contributed by atoms with E-state index in [0.717, 1.165) is 5.69 Å². The lowest BCUT2D eigenvalue weighted by atomic mass is 10.2. The second-order valence-corrected chi connectivity index (χ2v) is 3.96. The first kappa shape index (κ1) is 13.0. The normalized spacial score (nSPS) is 10.8. The van der Waals surface area contributed by atoms with Gasteiger partial charge in [0.2, 0.25) is 0 Å². The summed E-state index contributed by atoms with van der Waals surface area (Å²) < 4.78 is 15.4. The average Bonchev–Trinajstić information content (AvgIpc) is 2.86. The van der Waals surface area contributed by atoms with E-state index < -0.39 is 5.91 Å². The minimum Gasteiger partial charge on any atom is -0.343 e. The van der Waals surface area contributed by atoms with Gasteiger partial charge >= 0.3 is 0 Å². The Morgan fingerprint density at radius 1 is 1.32 bits per heavy atom. The number of amides is 1. The van der Waals surface area contributed by atoms with Gasteiger partial charge in [-0.1, -0.05) is 18.2 Å². The fourth-order valence-corrected chi connectivity index (χ4v) is 1.73. The number of hydroxylamine groups is 1. The van der Waals surface area contributed by atoms with Crippen molar-refractivity contribution in [2.24, 2.45) is 0 Å². The molecular weight excluding hydrogens is 247 g/mol. The van der Waals surface area contributed by atoms with E-state index in [4.69, 9.17) is 5.21 Å². The van der Waals surface area contributed by atoms with E-state index in [1.54, 1.807) is 47.2 Å². The number of carbonyl (C=O) groups is 1. The molecule has 0 fully saturated rings. The number of aromatic nitrogens is 1. The van der Waals surface area contributed by atoms with Gasteiger partial charge in [-0.3, -0.25) is 10.0 Å². The number of rotatable bonds is 4. The van der Waals surface area contributed by atoms with Crippen LogP contribution in [0.25, 0.3) is 6.08 Å². The van der Waals surface area contributed by atoms with E-state index in [-0.39, 0.29) is 5.82 Å². The smallest absolute Gasteiger partial charge is 0.267 e. The van der Waals surface area contributed by atoms with E-state index >= 15 is 0 Å². The molecule has 1 aromatic heterocycles. The van der Waals surface area contributed by atoms with Crippen LogP contribution in [0.15, 0.2) is 48.7 Å². The Kier molecular flexibility index (Phi) is 4.10. The van der Waals surface area contributed by atoms with Crippen molar-refractivity contribution in [2.45, 2.75) is 6.54 Å². The quantitative estimate of drug-likeness (QED) is 0.503. The number of hydrogen-bond acceptors (Lipinski definition) is 2. The van der Waals surface area contributed by atoms with Crippen molar-refractivity contribution in [3.8, 4) is 0 Å². The van der Waals surface area contributed by atoms with Crippen LogP contribution in [0.1, 0.15) is 11.3 Å². The first-order chi connectivity index (χ1) is 9.20. The van der Waals surface area contributed by atoms with Gasteiger partial charge < -0.3 is 4.57 Å². The molecule has 98 valence electrons. The number of halogens is 1. The summed E-state index contributed by atoms with van der Waals surface area (Å²) in [6.45, 7) is 0.375. The van der Waals surface area contributed by atoms with Crippen LogP contribution < -0.4 is 5.48 Å². The zero-order valence-electron chi connectivity index (χ0n) is 10.1. The number of hydrogen-bond donors (Lipinski definition) is 2. The highest BCUT2D eigenvalue weighted by atomic mass is 19.1. The Labute approximate surface area is 109 Å². The van der Waals surface area contributed by atoms with Crippen molar-refractivity contribution in [3.05, 3.63) is 65.7 Å². The monoisotopic (exact) mass is 260 g/mol. The standard InChI is InChI=1S/C14H13FN2O2/c15-13-6-2-1-4-11(13)10-17-9-3-5-12(17)7-8-14(18)16-19/h1-9,19H,10H2,(H,16,18)/b8-7+. The summed E-state index contributed by atoms with van der Waals surface area (Å²) >= 11 is 0. The lowest BCUT2D eigenvalue weighted by Crippen LogP contribution is -2.15. The van der Waals surface area contributed by atoms with Crippen LogP contribution in [0.5, 0.6) is 0 Å². The van der Waals surface area contributed by atoms with E-state index in [0.29, 0.717) is 12.1 Å². The maximum atomic E-state index is 13.6. The Balaban J connectivity index is 2.19. The summed E-state index contributed by atoms with van der Waals surface area (Å²) in [5, 5.41) is 8.40. The molecule has 5 heteroatoms. The van der Waals surface area contributed by atoms with Gasteiger partial charge in [-0.2, -0.15) is 0 Å². The molecule has 2 N–H and O–H groups in total. The van der Waals surface area contributed by atoms with Gasteiger partial charge in [0.1, 0.15) is 5.82 Å². The van der Waals surface area contributed by atoms with Gasteiger partial charge in [-0.05, 0) is 24.3 Å². The third-order valence-corrected chi connectivity index (χ3v) is 2.68.